The third-order valence-electron chi connectivity index (χ3n) is 5.75. The maximum Gasteiger partial charge on any atom is 0.237 e. The van der Waals surface area contributed by atoms with E-state index in [-0.39, 0.29) is 5.91 Å². The number of para-hydroxylation sites is 1. The summed E-state index contributed by atoms with van der Waals surface area (Å²) in [5.41, 5.74) is 2.56. The molecule has 0 unspecified atom stereocenters. The molecule has 0 N–H and O–H groups in total. The molecule has 1 aliphatic carbocycles. The molecule has 2 aliphatic rings. The van der Waals surface area contributed by atoms with Gasteiger partial charge in [-0.2, -0.15) is 0 Å². The van der Waals surface area contributed by atoms with E-state index in [1.807, 2.05) is 71.6 Å². The molecule has 4 heteroatoms. The first-order valence-corrected chi connectivity index (χ1v) is 10.1. The Bertz CT molecular complexity index is 1010. The van der Waals surface area contributed by atoms with E-state index in [4.69, 9.17) is 9.47 Å². The quantitative estimate of drug-likeness (QED) is 0.638. The summed E-state index contributed by atoms with van der Waals surface area (Å²) < 4.78 is 11.4. The van der Waals surface area contributed by atoms with Gasteiger partial charge in [0.1, 0.15) is 13.2 Å². The van der Waals surface area contributed by atoms with Gasteiger partial charge < -0.3 is 14.4 Å². The first-order valence-electron chi connectivity index (χ1n) is 10.1. The molecule has 1 fully saturated rings. The second-order valence-corrected chi connectivity index (χ2v) is 7.65. The lowest BCUT2D eigenvalue weighted by atomic mass is 9.93. The van der Waals surface area contributed by atoms with Gasteiger partial charge in [-0.25, -0.2) is 0 Å². The Kier molecular flexibility index (Phi) is 4.47. The molecular weight excluding hydrogens is 362 g/mol. The van der Waals surface area contributed by atoms with Crippen molar-refractivity contribution in [1.82, 2.24) is 0 Å². The molecule has 0 atom stereocenters. The first-order chi connectivity index (χ1) is 14.3. The summed E-state index contributed by atoms with van der Waals surface area (Å²) >= 11 is 0. The fraction of sp³-hybridized carbons (Fsp3) is 0.240. The van der Waals surface area contributed by atoms with E-state index in [1.54, 1.807) is 0 Å². The lowest BCUT2D eigenvalue weighted by Crippen LogP contribution is -2.39. The fourth-order valence-corrected chi connectivity index (χ4v) is 4.00. The van der Waals surface area contributed by atoms with Crippen molar-refractivity contribution in [3.63, 3.8) is 0 Å². The Morgan fingerprint density at radius 2 is 1.48 bits per heavy atom. The zero-order valence-corrected chi connectivity index (χ0v) is 16.2. The standard InChI is InChI=1S/C25H23NO3/c27-24(25(13-14-25)20-11-12-22-23(17-20)29-16-15-28-22)26(21-9-5-2-6-10-21)18-19-7-3-1-4-8-19/h1-12,17H,13-16,18H2. The molecule has 0 radical (unpaired) electrons. The summed E-state index contributed by atoms with van der Waals surface area (Å²) in [6.45, 7) is 1.66. The monoisotopic (exact) mass is 385 g/mol. The van der Waals surface area contributed by atoms with Crippen LogP contribution < -0.4 is 14.4 Å². The number of ether oxygens (including phenoxy) is 2. The van der Waals surface area contributed by atoms with Crippen LogP contribution in [-0.2, 0) is 16.8 Å². The van der Waals surface area contributed by atoms with Gasteiger partial charge >= 0.3 is 0 Å². The number of rotatable bonds is 5. The van der Waals surface area contributed by atoms with Crippen LogP contribution in [0.1, 0.15) is 24.0 Å². The van der Waals surface area contributed by atoms with Crippen LogP contribution >= 0.6 is 0 Å². The number of carbonyl (C=O) groups excluding carboxylic acids is 1. The van der Waals surface area contributed by atoms with E-state index in [9.17, 15) is 4.79 Å². The maximum absolute atomic E-state index is 13.9. The average Bonchev–Trinajstić information content (AvgIpc) is 3.60. The van der Waals surface area contributed by atoms with Crippen LogP contribution in [0.25, 0.3) is 0 Å². The highest BCUT2D eigenvalue weighted by molar-refractivity contribution is 6.03. The second kappa shape index (κ2) is 7.28. The fourth-order valence-electron chi connectivity index (χ4n) is 4.00. The van der Waals surface area contributed by atoms with Gasteiger partial charge in [-0.05, 0) is 48.2 Å². The summed E-state index contributed by atoms with van der Waals surface area (Å²) in [5, 5.41) is 0. The van der Waals surface area contributed by atoms with Crippen molar-refractivity contribution in [3.8, 4) is 11.5 Å². The van der Waals surface area contributed by atoms with E-state index in [1.165, 1.54) is 0 Å². The molecule has 4 nitrogen and oxygen atoms in total. The van der Waals surface area contributed by atoms with Crippen molar-refractivity contribution in [2.24, 2.45) is 0 Å². The predicted molar refractivity (Wildman–Crippen MR) is 112 cm³/mol. The highest BCUT2D eigenvalue weighted by Gasteiger charge is 2.53. The Morgan fingerprint density at radius 3 is 2.17 bits per heavy atom. The van der Waals surface area contributed by atoms with Gasteiger partial charge in [-0.15, -0.1) is 0 Å². The van der Waals surface area contributed by atoms with Gasteiger partial charge in [0.15, 0.2) is 11.5 Å². The van der Waals surface area contributed by atoms with Crippen molar-refractivity contribution in [1.29, 1.82) is 0 Å². The van der Waals surface area contributed by atoms with E-state index in [0.29, 0.717) is 19.8 Å². The van der Waals surface area contributed by atoms with E-state index in [2.05, 4.69) is 12.1 Å². The molecule has 0 saturated heterocycles. The minimum Gasteiger partial charge on any atom is -0.486 e. The number of benzene rings is 3. The molecule has 146 valence electrons. The summed E-state index contributed by atoms with van der Waals surface area (Å²) in [7, 11) is 0. The predicted octanol–water partition coefficient (Wildman–Crippen LogP) is 4.72. The smallest absolute Gasteiger partial charge is 0.237 e. The highest BCUT2D eigenvalue weighted by atomic mass is 16.6. The van der Waals surface area contributed by atoms with Crippen molar-refractivity contribution >= 4 is 11.6 Å². The molecule has 0 bridgehead atoms. The lowest BCUT2D eigenvalue weighted by molar-refractivity contribution is -0.121. The average molecular weight is 385 g/mol. The number of carbonyl (C=O) groups is 1. The minimum absolute atomic E-state index is 0.143. The van der Waals surface area contributed by atoms with Crippen LogP contribution in [0.5, 0.6) is 11.5 Å². The SMILES string of the molecule is O=C(N(Cc1ccccc1)c1ccccc1)C1(c2ccc3c(c2)OCCO3)CC1. The Hall–Kier alpha value is -3.27. The molecule has 1 saturated carbocycles. The Morgan fingerprint density at radius 1 is 0.828 bits per heavy atom. The molecule has 0 spiro atoms. The Balaban J connectivity index is 1.50. The van der Waals surface area contributed by atoms with E-state index < -0.39 is 5.41 Å². The summed E-state index contributed by atoms with van der Waals surface area (Å²) in [5.74, 6) is 1.64. The Labute approximate surface area is 170 Å². The molecule has 3 aromatic carbocycles. The first kappa shape index (κ1) is 17.8. The van der Waals surface area contributed by atoms with Gasteiger partial charge in [-0.1, -0.05) is 54.6 Å². The molecule has 29 heavy (non-hydrogen) atoms. The van der Waals surface area contributed by atoms with Gasteiger partial charge in [0, 0.05) is 5.69 Å². The second-order valence-electron chi connectivity index (χ2n) is 7.65. The van der Waals surface area contributed by atoms with E-state index >= 15 is 0 Å². The number of hydrogen-bond donors (Lipinski definition) is 0. The molecule has 1 amide bonds. The van der Waals surface area contributed by atoms with E-state index in [0.717, 1.165) is 41.2 Å². The highest BCUT2D eigenvalue weighted by Crippen LogP contribution is 2.52. The molecule has 5 rings (SSSR count). The van der Waals surface area contributed by atoms with Crippen molar-refractivity contribution in [2.75, 3.05) is 18.1 Å². The molecule has 3 aromatic rings. The van der Waals surface area contributed by atoms with Gasteiger partial charge in [-0.3, -0.25) is 4.79 Å². The molecule has 0 aromatic heterocycles. The minimum atomic E-state index is -0.486. The largest absolute Gasteiger partial charge is 0.486 e. The van der Waals surface area contributed by atoms with Crippen LogP contribution in [0.15, 0.2) is 78.9 Å². The summed E-state index contributed by atoms with van der Waals surface area (Å²) in [4.78, 5) is 15.8. The zero-order chi connectivity index (χ0) is 19.7. The van der Waals surface area contributed by atoms with Crippen molar-refractivity contribution in [2.45, 2.75) is 24.8 Å². The normalized spacial score (nSPS) is 16.1. The van der Waals surface area contributed by atoms with Crippen LogP contribution in [0.2, 0.25) is 0 Å². The number of amides is 1. The summed E-state index contributed by atoms with van der Waals surface area (Å²) in [6, 6.07) is 26.0. The van der Waals surface area contributed by atoms with Crippen LogP contribution in [-0.4, -0.2) is 19.1 Å². The van der Waals surface area contributed by atoms with Crippen LogP contribution in [0.3, 0.4) is 0 Å². The lowest BCUT2D eigenvalue weighted by Gasteiger charge is -2.29. The van der Waals surface area contributed by atoms with Crippen LogP contribution in [0.4, 0.5) is 5.69 Å². The van der Waals surface area contributed by atoms with Crippen molar-refractivity contribution in [3.05, 3.63) is 90.0 Å². The van der Waals surface area contributed by atoms with Gasteiger partial charge in [0.25, 0.3) is 0 Å². The van der Waals surface area contributed by atoms with Crippen molar-refractivity contribution < 1.29 is 14.3 Å². The third kappa shape index (κ3) is 3.35. The number of hydrogen-bond acceptors (Lipinski definition) is 3. The third-order valence-corrected chi connectivity index (χ3v) is 5.75. The number of anilines is 1. The van der Waals surface area contributed by atoms with Crippen LogP contribution in [0, 0.1) is 0 Å². The molecule has 1 heterocycles. The molecular formula is C25H23NO3. The zero-order valence-electron chi connectivity index (χ0n) is 16.2. The summed E-state index contributed by atoms with van der Waals surface area (Å²) in [6.07, 6.45) is 1.70. The van der Waals surface area contributed by atoms with Gasteiger partial charge in [0.05, 0.1) is 12.0 Å². The maximum atomic E-state index is 13.9. The molecule has 1 aliphatic heterocycles. The number of fused-ring (bicyclic) bond motifs is 1. The topological polar surface area (TPSA) is 38.8 Å². The number of nitrogens with zero attached hydrogens (tertiary/aromatic N) is 1. The van der Waals surface area contributed by atoms with Gasteiger partial charge in [0.2, 0.25) is 5.91 Å².